The first-order valence-corrected chi connectivity index (χ1v) is 7.05. The van der Waals surface area contributed by atoms with Crippen LogP contribution in [0.15, 0.2) is 41.3 Å². The van der Waals surface area contributed by atoms with Gasteiger partial charge in [-0.1, -0.05) is 12.1 Å². The van der Waals surface area contributed by atoms with Crippen molar-refractivity contribution in [2.45, 2.75) is 13.5 Å². The summed E-state index contributed by atoms with van der Waals surface area (Å²) in [5.41, 5.74) is 1.21. The Morgan fingerprint density at radius 2 is 2.21 bits per heavy atom. The van der Waals surface area contributed by atoms with Crippen molar-refractivity contribution in [2.75, 3.05) is 0 Å². The SMILES string of the molecule is Cc1cc(=O)n2[nH]cc(C(=O)NCc3cccc([N+](=O)[O-])c3)c2n1. The van der Waals surface area contributed by atoms with E-state index in [4.69, 9.17) is 0 Å². The Balaban J connectivity index is 1.82. The zero-order valence-electron chi connectivity index (χ0n) is 12.6. The van der Waals surface area contributed by atoms with Gasteiger partial charge in [-0.05, 0) is 12.5 Å². The molecule has 3 aromatic rings. The molecule has 0 radical (unpaired) electrons. The fourth-order valence-corrected chi connectivity index (χ4v) is 2.32. The van der Waals surface area contributed by atoms with Crippen LogP contribution in [-0.4, -0.2) is 25.4 Å². The second kappa shape index (κ2) is 5.95. The number of aromatic amines is 1. The van der Waals surface area contributed by atoms with Crippen LogP contribution in [0.4, 0.5) is 5.69 Å². The van der Waals surface area contributed by atoms with E-state index in [-0.39, 0.29) is 29.0 Å². The molecular formula is C15H13N5O4. The first-order valence-electron chi connectivity index (χ1n) is 7.05. The Hall–Kier alpha value is -3.49. The van der Waals surface area contributed by atoms with Crippen molar-refractivity contribution < 1.29 is 9.72 Å². The van der Waals surface area contributed by atoms with E-state index in [1.807, 2.05) is 0 Å². The second-order valence-corrected chi connectivity index (χ2v) is 5.19. The predicted molar refractivity (Wildman–Crippen MR) is 84.8 cm³/mol. The summed E-state index contributed by atoms with van der Waals surface area (Å²) < 4.78 is 1.18. The van der Waals surface area contributed by atoms with Gasteiger partial charge in [0, 0.05) is 36.6 Å². The summed E-state index contributed by atoms with van der Waals surface area (Å²) in [6.07, 6.45) is 1.39. The molecule has 3 rings (SSSR count). The number of aromatic nitrogens is 3. The number of non-ortho nitro benzene ring substituents is 1. The highest BCUT2D eigenvalue weighted by molar-refractivity contribution is 5.99. The van der Waals surface area contributed by atoms with Gasteiger partial charge in [-0.15, -0.1) is 0 Å². The molecule has 122 valence electrons. The average molecular weight is 327 g/mol. The topological polar surface area (TPSA) is 122 Å². The molecule has 0 saturated heterocycles. The van der Waals surface area contributed by atoms with Crippen LogP contribution < -0.4 is 10.9 Å². The number of aryl methyl sites for hydroxylation is 1. The van der Waals surface area contributed by atoms with Crippen LogP contribution >= 0.6 is 0 Å². The zero-order valence-corrected chi connectivity index (χ0v) is 12.6. The van der Waals surface area contributed by atoms with E-state index in [1.54, 1.807) is 19.1 Å². The number of H-pyrrole nitrogens is 1. The van der Waals surface area contributed by atoms with E-state index >= 15 is 0 Å². The molecule has 0 unspecified atom stereocenters. The van der Waals surface area contributed by atoms with Crippen LogP contribution in [0.1, 0.15) is 21.6 Å². The van der Waals surface area contributed by atoms with Gasteiger partial charge in [0.2, 0.25) is 0 Å². The van der Waals surface area contributed by atoms with Gasteiger partial charge in [-0.3, -0.25) is 24.8 Å². The molecule has 0 spiro atoms. The maximum atomic E-state index is 12.3. The first-order chi connectivity index (χ1) is 11.5. The maximum Gasteiger partial charge on any atom is 0.272 e. The van der Waals surface area contributed by atoms with Crippen LogP contribution in [0.25, 0.3) is 5.65 Å². The molecule has 2 N–H and O–H groups in total. The van der Waals surface area contributed by atoms with Gasteiger partial charge in [0.15, 0.2) is 5.65 Å². The Labute approximate surface area is 135 Å². The highest BCUT2D eigenvalue weighted by Gasteiger charge is 2.15. The summed E-state index contributed by atoms with van der Waals surface area (Å²) in [5, 5.41) is 16.1. The lowest BCUT2D eigenvalue weighted by atomic mass is 10.2. The number of hydrogen-bond acceptors (Lipinski definition) is 5. The zero-order chi connectivity index (χ0) is 17.3. The van der Waals surface area contributed by atoms with Gasteiger partial charge < -0.3 is 5.32 Å². The van der Waals surface area contributed by atoms with E-state index in [9.17, 15) is 19.7 Å². The van der Waals surface area contributed by atoms with E-state index in [0.717, 1.165) is 0 Å². The molecule has 0 saturated carbocycles. The molecule has 0 aliphatic carbocycles. The van der Waals surface area contributed by atoms with Crippen molar-refractivity contribution in [1.29, 1.82) is 0 Å². The monoisotopic (exact) mass is 327 g/mol. The van der Waals surface area contributed by atoms with Crippen molar-refractivity contribution in [3.8, 4) is 0 Å². The summed E-state index contributed by atoms with van der Waals surface area (Å²) in [6, 6.07) is 7.35. The number of carbonyl (C=O) groups excluding carboxylic acids is 1. The Kier molecular flexibility index (Phi) is 3.82. The maximum absolute atomic E-state index is 12.3. The van der Waals surface area contributed by atoms with Crippen LogP contribution in [-0.2, 0) is 6.54 Å². The average Bonchev–Trinajstić information content (AvgIpc) is 2.97. The van der Waals surface area contributed by atoms with Gasteiger partial charge in [0.05, 0.1) is 4.92 Å². The number of nitro benzene ring substituents is 1. The van der Waals surface area contributed by atoms with Gasteiger partial charge in [-0.2, -0.15) is 0 Å². The summed E-state index contributed by atoms with van der Waals surface area (Å²) in [4.78, 5) is 38.6. The Morgan fingerprint density at radius 3 is 2.96 bits per heavy atom. The van der Waals surface area contributed by atoms with Crippen molar-refractivity contribution in [3.63, 3.8) is 0 Å². The standard InChI is InChI=1S/C15H13N5O4/c1-9-5-13(21)19-14(18-9)12(8-17-19)15(22)16-7-10-3-2-4-11(6-10)20(23)24/h2-6,8,17H,7H2,1H3,(H,16,22). The molecule has 0 aliphatic heterocycles. The third-order valence-electron chi connectivity index (χ3n) is 3.44. The Morgan fingerprint density at radius 1 is 1.42 bits per heavy atom. The second-order valence-electron chi connectivity index (χ2n) is 5.19. The molecule has 0 bridgehead atoms. The number of rotatable bonds is 4. The number of hydrogen-bond donors (Lipinski definition) is 2. The highest BCUT2D eigenvalue weighted by atomic mass is 16.6. The quantitative estimate of drug-likeness (QED) is 0.550. The molecule has 24 heavy (non-hydrogen) atoms. The summed E-state index contributed by atoms with van der Waals surface area (Å²) >= 11 is 0. The van der Waals surface area contributed by atoms with Gasteiger partial charge in [0.25, 0.3) is 17.2 Å². The fourth-order valence-electron chi connectivity index (χ4n) is 2.32. The molecule has 0 fully saturated rings. The largest absolute Gasteiger partial charge is 0.348 e. The Bertz CT molecular complexity index is 1000. The van der Waals surface area contributed by atoms with Crippen molar-refractivity contribution in [2.24, 2.45) is 0 Å². The molecule has 9 heteroatoms. The van der Waals surface area contributed by atoms with Gasteiger partial charge >= 0.3 is 0 Å². The van der Waals surface area contributed by atoms with E-state index in [1.165, 1.54) is 28.9 Å². The molecular weight excluding hydrogens is 314 g/mol. The minimum atomic E-state index is -0.496. The number of fused-ring (bicyclic) bond motifs is 1. The summed E-state index contributed by atoms with van der Waals surface area (Å²) in [5.74, 6) is -0.433. The van der Waals surface area contributed by atoms with E-state index in [0.29, 0.717) is 11.3 Å². The molecule has 9 nitrogen and oxygen atoms in total. The third-order valence-corrected chi connectivity index (χ3v) is 3.44. The van der Waals surface area contributed by atoms with Crippen molar-refractivity contribution >= 4 is 17.2 Å². The summed E-state index contributed by atoms with van der Waals surface area (Å²) in [7, 11) is 0. The molecule has 0 atom stereocenters. The fraction of sp³-hybridized carbons (Fsp3) is 0.133. The van der Waals surface area contributed by atoms with E-state index < -0.39 is 10.8 Å². The number of nitro groups is 1. The van der Waals surface area contributed by atoms with Gasteiger partial charge in [-0.25, -0.2) is 9.50 Å². The molecule has 2 heterocycles. The molecule has 1 amide bonds. The van der Waals surface area contributed by atoms with Crippen LogP contribution in [0.3, 0.4) is 0 Å². The molecule has 2 aromatic heterocycles. The van der Waals surface area contributed by atoms with Crippen LogP contribution in [0.2, 0.25) is 0 Å². The smallest absolute Gasteiger partial charge is 0.272 e. The third kappa shape index (κ3) is 2.86. The first kappa shape index (κ1) is 15.4. The minimum Gasteiger partial charge on any atom is -0.348 e. The lowest BCUT2D eigenvalue weighted by molar-refractivity contribution is -0.384. The lowest BCUT2D eigenvalue weighted by Gasteiger charge is -2.04. The van der Waals surface area contributed by atoms with Crippen molar-refractivity contribution in [3.05, 3.63) is 73.8 Å². The number of amides is 1. The summed E-state index contributed by atoms with van der Waals surface area (Å²) in [6.45, 7) is 1.78. The highest BCUT2D eigenvalue weighted by Crippen LogP contribution is 2.13. The number of carbonyl (C=O) groups is 1. The normalized spacial score (nSPS) is 10.7. The number of nitrogens with one attached hydrogen (secondary N) is 2. The van der Waals surface area contributed by atoms with Crippen LogP contribution in [0.5, 0.6) is 0 Å². The molecule has 0 aliphatic rings. The number of nitrogens with zero attached hydrogens (tertiary/aromatic N) is 3. The van der Waals surface area contributed by atoms with Crippen molar-refractivity contribution in [1.82, 2.24) is 19.9 Å². The van der Waals surface area contributed by atoms with Crippen LogP contribution in [0, 0.1) is 17.0 Å². The minimum absolute atomic E-state index is 0.0438. The predicted octanol–water partition coefficient (Wildman–Crippen LogP) is 1.17. The van der Waals surface area contributed by atoms with E-state index in [2.05, 4.69) is 15.4 Å². The lowest BCUT2D eigenvalue weighted by Crippen LogP contribution is -2.23. The molecule has 1 aromatic carbocycles. The number of benzene rings is 1. The van der Waals surface area contributed by atoms with Gasteiger partial charge in [0.1, 0.15) is 5.56 Å².